The highest BCUT2D eigenvalue weighted by atomic mass is 16.5. The molecule has 0 aromatic carbocycles. The van der Waals surface area contributed by atoms with E-state index < -0.39 is 12.1 Å². The predicted octanol–water partition coefficient (Wildman–Crippen LogP) is 4.82. The van der Waals surface area contributed by atoms with Crippen LogP contribution in [0.5, 0.6) is 0 Å². The molecule has 0 radical (unpaired) electrons. The summed E-state index contributed by atoms with van der Waals surface area (Å²) in [6.07, 6.45) is 8.77. The lowest BCUT2D eigenvalue weighted by atomic mass is 9.61. The Hall–Kier alpha value is -1.98. The number of carbonyl (C=O) groups is 2. The van der Waals surface area contributed by atoms with E-state index in [4.69, 9.17) is 9.47 Å². The van der Waals surface area contributed by atoms with Gasteiger partial charge in [-0.05, 0) is 76.5 Å². The summed E-state index contributed by atoms with van der Waals surface area (Å²) in [4.78, 5) is 23.7. The zero-order valence-electron chi connectivity index (χ0n) is 19.2. The first kappa shape index (κ1) is 24.3. The van der Waals surface area contributed by atoms with Gasteiger partial charge in [-0.3, -0.25) is 4.79 Å². The summed E-state index contributed by atoms with van der Waals surface area (Å²) in [6, 6.07) is 0. The molecule has 0 aromatic rings. The second kappa shape index (κ2) is 10.4. The molecule has 166 valence electrons. The zero-order chi connectivity index (χ0) is 22.5. The van der Waals surface area contributed by atoms with Gasteiger partial charge in [0.15, 0.2) is 0 Å². The van der Waals surface area contributed by atoms with Crippen molar-refractivity contribution in [1.82, 2.24) is 0 Å². The minimum atomic E-state index is -0.577. The van der Waals surface area contributed by atoms with E-state index in [1.807, 2.05) is 19.9 Å². The van der Waals surface area contributed by atoms with E-state index in [1.165, 1.54) is 17.9 Å². The van der Waals surface area contributed by atoms with E-state index in [1.54, 1.807) is 6.92 Å². The second-order valence-corrected chi connectivity index (χ2v) is 9.35. The third-order valence-corrected chi connectivity index (χ3v) is 5.91. The van der Waals surface area contributed by atoms with Crippen LogP contribution in [0.4, 0.5) is 0 Å². The van der Waals surface area contributed by atoms with Crippen molar-refractivity contribution in [2.45, 2.75) is 79.4 Å². The van der Waals surface area contributed by atoms with E-state index in [2.05, 4.69) is 26.8 Å². The predicted molar refractivity (Wildman–Crippen MR) is 118 cm³/mol. The van der Waals surface area contributed by atoms with Crippen LogP contribution in [0.15, 0.2) is 46.8 Å². The molecule has 0 saturated carbocycles. The fourth-order valence-electron chi connectivity index (χ4n) is 4.49. The lowest BCUT2D eigenvalue weighted by molar-refractivity contribution is -0.132. The molecular formula is C25H36O5. The van der Waals surface area contributed by atoms with Crippen LogP contribution in [0, 0.1) is 11.3 Å². The number of aliphatic hydroxyl groups is 1. The molecule has 30 heavy (non-hydrogen) atoms. The molecule has 1 aliphatic heterocycles. The van der Waals surface area contributed by atoms with Crippen molar-refractivity contribution in [3.05, 3.63) is 46.8 Å². The van der Waals surface area contributed by atoms with Crippen molar-refractivity contribution in [2.75, 3.05) is 6.61 Å². The largest absolute Gasteiger partial charge is 0.432 e. The Morgan fingerprint density at radius 3 is 2.50 bits per heavy atom. The lowest BCUT2D eigenvalue weighted by Gasteiger charge is -2.44. The molecule has 4 atom stereocenters. The topological polar surface area (TPSA) is 72.8 Å². The number of ketones is 1. The van der Waals surface area contributed by atoms with Crippen LogP contribution in [0.2, 0.25) is 0 Å². The number of allylic oxidation sites excluding steroid dienone is 4. The monoisotopic (exact) mass is 416 g/mol. The van der Waals surface area contributed by atoms with Gasteiger partial charge in [0.05, 0.1) is 25.1 Å². The summed E-state index contributed by atoms with van der Waals surface area (Å²) < 4.78 is 11.2. The maximum atomic E-state index is 11.9. The first-order valence-corrected chi connectivity index (χ1v) is 10.7. The van der Waals surface area contributed by atoms with Crippen molar-refractivity contribution >= 4 is 11.8 Å². The fraction of sp³-hybridized carbons (Fsp3) is 0.600. The highest BCUT2D eigenvalue weighted by molar-refractivity contribution is 5.83. The standard InChI is InChI=1S/C25H36O5/c1-16(2)8-7-10-25(6)14-21(27)19-15-30-22(13-18(5)26)24(19)20(25)9-11-29-23(28)12-17(3)4/h8-9,11-12,20-22,27H,7,10,13-15H2,1-6H3/b11-9+/t20-,21+,22-,25-/m0/s1. The smallest absolute Gasteiger partial charge is 0.335 e. The normalized spacial score (nSPS) is 28.3. The summed E-state index contributed by atoms with van der Waals surface area (Å²) in [6.45, 7) is 11.9. The summed E-state index contributed by atoms with van der Waals surface area (Å²) >= 11 is 0. The Bertz CT molecular complexity index is 777. The molecule has 0 fully saturated rings. The van der Waals surface area contributed by atoms with Crippen LogP contribution >= 0.6 is 0 Å². The number of rotatable bonds is 8. The number of carbonyl (C=O) groups excluding carboxylic acids is 2. The summed E-state index contributed by atoms with van der Waals surface area (Å²) in [5.41, 5.74) is 3.75. The van der Waals surface area contributed by atoms with Gasteiger partial charge in [0.1, 0.15) is 5.78 Å². The van der Waals surface area contributed by atoms with E-state index >= 15 is 0 Å². The highest BCUT2D eigenvalue weighted by Gasteiger charge is 2.47. The third-order valence-electron chi connectivity index (χ3n) is 5.91. The Balaban J connectivity index is 2.37. The van der Waals surface area contributed by atoms with E-state index in [9.17, 15) is 14.7 Å². The number of Topliss-reactive ketones (excluding diaryl/α,β-unsaturated/α-hetero) is 1. The van der Waals surface area contributed by atoms with Crippen molar-refractivity contribution in [2.24, 2.45) is 11.3 Å². The summed E-state index contributed by atoms with van der Waals surface area (Å²) in [7, 11) is 0. The van der Waals surface area contributed by atoms with Gasteiger partial charge in [0.2, 0.25) is 0 Å². The minimum Gasteiger partial charge on any atom is -0.432 e. The van der Waals surface area contributed by atoms with Gasteiger partial charge in [-0.25, -0.2) is 4.79 Å². The molecule has 1 aliphatic carbocycles. The van der Waals surface area contributed by atoms with Crippen LogP contribution in [0.1, 0.15) is 67.2 Å². The number of ether oxygens (including phenoxy) is 2. The highest BCUT2D eigenvalue weighted by Crippen LogP contribution is 2.51. The van der Waals surface area contributed by atoms with Crippen molar-refractivity contribution in [3.8, 4) is 0 Å². The molecule has 0 unspecified atom stereocenters. The van der Waals surface area contributed by atoms with Gasteiger partial charge in [-0.15, -0.1) is 0 Å². The average molecular weight is 417 g/mol. The van der Waals surface area contributed by atoms with Crippen LogP contribution < -0.4 is 0 Å². The lowest BCUT2D eigenvalue weighted by Crippen LogP contribution is -2.40. The first-order chi connectivity index (χ1) is 14.0. The Morgan fingerprint density at radius 2 is 1.90 bits per heavy atom. The number of esters is 1. The molecule has 0 aromatic heterocycles. The first-order valence-electron chi connectivity index (χ1n) is 10.7. The average Bonchev–Trinajstić information content (AvgIpc) is 3.00. The van der Waals surface area contributed by atoms with Gasteiger partial charge < -0.3 is 14.6 Å². The molecule has 0 spiro atoms. The summed E-state index contributed by atoms with van der Waals surface area (Å²) in [5.74, 6) is -0.434. The van der Waals surface area contributed by atoms with Crippen molar-refractivity contribution in [3.63, 3.8) is 0 Å². The molecule has 2 aliphatic rings. The van der Waals surface area contributed by atoms with Crippen LogP contribution in [-0.2, 0) is 19.1 Å². The molecule has 1 heterocycles. The quantitative estimate of drug-likeness (QED) is 0.266. The van der Waals surface area contributed by atoms with E-state index in [-0.39, 0.29) is 29.6 Å². The number of hydrogen-bond acceptors (Lipinski definition) is 5. The molecular weight excluding hydrogens is 380 g/mol. The van der Waals surface area contributed by atoms with E-state index in [0.717, 1.165) is 29.6 Å². The Labute approximate surface area is 180 Å². The van der Waals surface area contributed by atoms with Crippen molar-refractivity contribution in [1.29, 1.82) is 0 Å². The van der Waals surface area contributed by atoms with Gasteiger partial charge in [-0.2, -0.15) is 0 Å². The molecule has 2 rings (SSSR count). The van der Waals surface area contributed by atoms with Gasteiger partial charge in [-0.1, -0.05) is 24.1 Å². The van der Waals surface area contributed by atoms with Crippen LogP contribution in [-0.4, -0.2) is 35.7 Å². The van der Waals surface area contributed by atoms with Gasteiger partial charge in [0.25, 0.3) is 0 Å². The fourth-order valence-corrected chi connectivity index (χ4v) is 4.49. The summed E-state index contributed by atoms with van der Waals surface area (Å²) in [5, 5.41) is 10.9. The second-order valence-electron chi connectivity index (χ2n) is 9.35. The Kier molecular flexibility index (Phi) is 8.39. The third kappa shape index (κ3) is 6.26. The van der Waals surface area contributed by atoms with Crippen molar-refractivity contribution < 1.29 is 24.2 Å². The molecule has 0 amide bonds. The maximum Gasteiger partial charge on any atom is 0.335 e. The number of aliphatic hydroxyl groups excluding tert-OH is 1. The molecule has 5 nitrogen and oxygen atoms in total. The van der Waals surface area contributed by atoms with E-state index in [0.29, 0.717) is 13.0 Å². The van der Waals surface area contributed by atoms with Crippen LogP contribution in [0.25, 0.3) is 0 Å². The molecule has 5 heteroatoms. The molecule has 1 N–H and O–H groups in total. The number of hydrogen-bond donors (Lipinski definition) is 1. The SMILES string of the molecule is CC(=O)C[C@@H]1OCC2=C1[C@H](/C=C/OC(=O)C=C(C)C)[C@@](C)(CCC=C(C)C)C[C@H]2O. The van der Waals surface area contributed by atoms with Gasteiger partial charge in [0, 0.05) is 18.4 Å². The molecule has 0 saturated heterocycles. The minimum absolute atomic E-state index is 0.0535. The van der Waals surface area contributed by atoms with Crippen LogP contribution in [0.3, 0.4) is 0 Å². The maximum absolute atomic E-state index is 11.9. The van der Waals surface area contributed by atoms with Gasteiger partial charge >= 0.3 is 5.97 Å². The zero-order valence-corrected chi connectivity index (χ0v) is 19.2. The molecule has 0 bridgehead atoms. The Morgan fingerprint density at radius 1 is 1.20 bits per heavy atom.